The number of benzene rings is 1. The van der Waals surface area contributed by atoms with Gasteiger partial charge in [0, 0.05) is 31.0 Å². The number of nitro benzene ring substituents is 1. The summed E-state index contributed by atoms with van der Waals surface area (Å²) in [6.07, 6.45) is 1.48. The summed E-state index contributed by atoms with van der Waals surface area (Å²) in [5.41, 5.74) is 1.42. The van der Waals surface area contributed by atoms with Crippen LogP contribution in [0, 0.1) is 17.0 Å². The first-order chi connectivity index (χ1) is 14.0. The van der Waals surface area contributed by atoms with E-state index in [0.717, 1.165) is 5.69 Å². The second kappa shape index (κ2) is 8.79. The fourth-order valence-electron chi connectivity index (χ4n) is 2.59. The highest BCUT2D eigenvalue weighted by Gasteiger charge is 2.19. The molecule has 0 aliphatic rings. The second-order valence-electron chi connectivity index (χ2n) is 6.14. The highest BCUT2D eigenvalue weighted by atomic mass is 16.6. The van der Waals surface area contributed by atoms with E-state index in [-0.39, 0.29) is 41.8 Å². The van der Waals surface area contributed by atoms with Crippen LogP contribution in [0.3, 0.4) is 0 Å². The molecular formula is C20H18N4O5. The van der Waals surface area contributed by atoms with E-state index >= 15 is 0 Å². The van der Waals surface area contributed by atoms with Gasteiger partial charge in [0.2, 0.25) is 0 Å². The quantitative estimate of drug-likeness (QED) is 0.360. The van der Waals surface area contributed by atoms with E-state index in [1.54, 1.807) is 30.3 Å². The summed E-state index contributed by atoms with van der Waals surface area (Å²) in [4.78, 5) is 38.9. The molecule has 0 saturated heterocycles. The van der Waals surface area contributed by atoms with Crippen LogP contribution in [0.5, 0.6) is 0 Å². The van der Waals surface area contributed by atoms with Crippen LogP contribution >= 0.6 is 0 Å². The molecule has 148 valence electrons. The normalized spacial score (nSPS) is 10.4. The lowest BCUT2D eigenvalue weighted by molar-refractivity contribution is -0.384. The first-order valence-corrected chi connectivity index (χ1v) is 8.78. The number of carbonyl (C=O) groups is 2. The van der Waals surface area contributed by atoms with Crippen LogP contribution in [0.2, 0.25) is 0 Å². The molecule has 0 unspecified atom stereocenters. The second-order valence-corrected chi connectivity index (χ2v) is 6.14. The molecule has 3 rings (SSSR count). The first kappa shape index (κ1) is 19.7. The number of hydrogen-bond donors (Lipinski definition) is 2. The zero-order valence-electron chi connectivity index (χ0n) is 15.5. The van der Waals surface area contributed by atoms with Crippen LogP contribution in [0.25, 0.3) is 11.3 Å². The van der Waals surface area contributed by atoms with E-state index in [1.165, 1.54) is 24.4 Å². The fourth-order valence-corrected chi connectivity index (χ4v) is 2.59. The molecule has 0 aliphatic carbocycles. The van der Waals surface area contributed by atoms with Gasteiger partial charge in [0.15, 0.2) is 5.76 Å². The largest absolute Gasteiger partial charge is 0.451 e. The Morgan fingerprint density at radius 3 is 2.45 bits per heavy atom. The lowest BCUT2D eigenvalue weighted by Crippen LogP contribution is -2.34. The van der Waals surface area contributed by atoms with Gasteiger partial charge >= 0.3 is 0 Å². The average molecular weight is 394 g/mol. The molecule has 2 N–H and O–H groups in total. The Balaban J connectivity index is 1.54. The molecule has 3 aromatic rings. The SMILES string of the molecule is Cc1ccc(C(=O)NCCNC(=O)c2ccc(-c3ccccc3[N+](=O)[O-])o2)cn1. The number of pyridine rings is 1. The maximum atomic E-state index is 12.2. The van der Waals surface area contributed by atoms with Crippen LogP contribution in [-0.2, 0) is 0 Å². The average Bonchev–Trinajstić information content (AvgIpc) is 3.21. The molecule has 2 aromatic heterocycles. The Hall–Kier alpha value is -4.01. The monoisotopic (exact) mass is 394 g/mol. The maximum Gasteiger partial charge on any atom is 0.287 e. The minimum Gasteiger partial charge on any atom is -0.451 e. The van der Waals surface area contributed by atoms with E-state index in [9.17, 15) is 19.7 Å². The van der Waals surface area contributed by atoms with Crippen LogP contribution in [0.15, 0.2) is 59.1 Å². The van der Waals surface area contributed by atoms with Crippen molar-refractivity contribution in [2.75, 3.05) is 13.1 Å². The van der Waals surface area contributed by atoms with Gasteiger partial charge in [0.1, 0.15) is 5.76 Å². The zero-order chi connectivity index (χ0) is 20.8. The number of carbonyl (C=O) groups excluding carboxylic acids is 2. The van der Waals surface area contributed by atoms with Gasteiger partial charge in [-0.2, -0.15) is 0 Å². The van der Waals surface area contributed by atoms with Crippen LogP contribution < -0.4 is 10.6 Å². The summed E-state index contributed by atoms with van der Waals surface area (Å²) < 4.78 is 5.47. The van der Waals surface area contributed by atoms with Gasteiger partial charge in [-0.3, -0.25) is 24.7 Å². The number of para-hydroxylation sites is 1. The van der Waals surface area contributed by atoms with Crippen LogP contribution in [0.4, 0.5) is 5.69 Å². The molecular weight excluding hydrogens is 376 g/mol. The van der Waals surface area contributed by atoms with Crippen molar-refractivity contribution in [2.24, 2.45) is 0 Å². The molecule has 0 bridgehead atoms. The molecule has 9 heteroatoms. The van der Waals surface area contributed by atoms with Gasteiger partial charge in [0.25, 0.3) is 17.5 Å². The standard InChI is InChI=1S/C20H18N4O5/c1-13-6-7-14(12-23-13)19(25)21-10-11-22-20(26)18-9-8-17(29-18)15-4-2-3-5-16(15)24(27)28/h2-9,12H,10-11H2,1H3,(H,21,25)(H,22,26). The topological polar surface area (TPSA) is 127 Å². The number of nitro groups is 1. The van der Waals surface area contributed by atoms with Crippen molar-refractivity contribution in [1.82, 2.24) is 15.6 Å². The van der Waals surface area contributed by atoms with Gasteiger partial charge < -0.3 is 15.1 Å². The van der Waals surface area contributed by atoms with Crippen molar-refractivity contribution in [3.05, 3.63) is 81.9 Å². The molecule has 0 aliphatic heterocycles. The molecule has 29 heavy (non-hydrogen) atoms. The van der Waals surface area contributed by atoms with Crippen molar-refractivity contribution < 1.29 is 18.9 Å². The summed E-state index contributed by atoms with van der Waals surface area (Å²) in [5.74, 6) is -0.528. The third kappa shape index (κ3) is 4.83. The van der Waals surface area contributed by atoms with Gasteiger partial charge in [-0.05, 0) is 37.3 Å². The molecule has 2 heterocycles. The van der Waals surface area contributed by atoms with Crippen molar-refractivity contribution in [2.45, 2.75) is 6.92 Å². The predicted octanol–water partition coefficient (Wildman–Crippen LogP) is 2.72. The fraction of sp³-hybridized carbons (Fsp3) is 0.150. The summed E-state index contributed by atoms with van der Waals surface area (Å²) >= 11 is 0. The lowest BCUT2D eigenvalue weighted by Gasteiger charge is -2.06. The lowest BCUT2D eigenvalue weighted by atomic mass is 10.1. The molecule has 1 aromatic carbocycles. The first-order valence-electron chi connectivity index (χ1n) is 8.78. The molecule has 0 fully saturated rings. The molecule has 0 atom stereocenters. The molecule has 0 spiro atoms. The smallest absolute Gasteiger partial charge is 0.287 e. The van der Waals surface area contributed by atoms with Crippen molar-refractivity contribution in [1.29, 1.82) is 0 Å². The number of nitrogens with zero attached hydrogens (tertiary/aromatic N) is 2. The summed E-state index contributed by atoms with van der Waals surface area (Å²) in [7, 11) is 0. The Morgan fingerprint density at radius 1 is 1.03 bits per heavy atom. The third-order valence-corrected chi connectivity index (χ3v) is 4.07. The third-order valence-electron chi connectivity index (χ3n) is 4.07. The number of nitrogens with one attached hydrogen (secondary N) is 2. The number of rotatable bonds is 7. The highest BCUT2D eigenvalue weighted by Crippen LogP contribution is 2.30. The molecule has 2 amide bonds. The predicted molar refractivity (Wildman–Crippen MR) is 104 cm³/mol. The van der Waals surface area contributed by atoms with E-state index in [4.69, 9.17) is 4.42 Å². The minimum atomic E-state index is -0.510. The minimum absolute atomic E-state index is 0.0206. The van der Waals surface area contributed by atoms with Crippen molar-refractivity contribution in [3.63, 3.8) is 0 Å². The number of furan rings is 1. The zero-order valence-corrected chi connectivity index (χ0v) is 15.5. The van der Waals surface area contributed by atoms with Gasteiger partial charge in [-0.15, -0.1) is 0 Å². The number of aryl methyl sites for hydroxylation is 1. The maximum absolute atomic E-state index is 12.2. The van der Waals surface area contributed by atoms with E-state index in [2.05, 4.69) is 15.6 Å². The van der Waals surface area contributed by atoms with Gasteiger partial charge in [-0.1, -0.05) is 12.1 Å². The summed E-state index contributed by atoms with van der Waals surface area (Å²) in [6.45, 7) is 2.23. The molecule has 9 nitrogen and oxygen atoms in total. The van der Waals surface area contributed by atoms with E-state index in [0.29, 0.717) is 5.56 Å². The van der Waals surface area contributed by atoms with Gasteiger partial charge in [0.05, 0.1) is 16.1 Å². The van der Waals surface area contributed by atoms with E-state index in [1.807, 2.05) is 6.92 Å². The summed E-state index contributed by atoms with van der Waals surface area (Å²) in [6, 6.07) is 12.5. The number of aromatic nitrogens is 1. The summed E-state index contributed by atoms with van der Waals surface area (Å²) in [5, 5.41) is 16.4. The highest BCUT2D eigenvalue weighted by molar-refractivity contribution is 5.94. The molecule has 0 radical (unpaired) electrons. The van der Waals surface area contributed by atoms with Crippen LogP contribution in [-0.4, -0.2) is 34.8 Å². The van der Waals surface area contributed by atoms with Crippen molar-refractivity contribution >= 4 is 17.5 Å². The number of amides is 2. The Labute approximate surface area is 165 Å². The Bertz CT molecular complexity index is 1040. The molecule has 0 saturated carbocycles. The van der Waals surface area contributed by atoms with Crippen molar-refractivity contribution in [3.8, 4) is 11.3 Å². The van der Waals surface area contributed by atoms with Crippen LogP contribution in [0.1, 0.15) is 26.6 Å². The Morgan fingerprint density at radius 2 is 1.76 bits per heavy atom. The Kier molecular flexibility index (Phi) is 5.98. The van der Waals surface area contributed by atoms with Gasteiger partial charge in [-0.25, -0.2) is 0 Å². The number of hydrogen-bond acceptors (Lipinski definition) is 6. The van der Waals surface area contributed by atoms with E-state index < -0.39 is 10.8 Å².